The van der Waals surface area contributed by atoms with E-state index in [0.29, 0.717) is 18.1 Å². The van der Waals surface area contributed by atoms with Gasteiger partial charge in [0.2, 0.25) is 6.29 Å². The molecule has 0 saturated carbocycles. The number of amides is 1. The number of benzene rings is 1. The Labute approximate surface area is 167 Å². The van der Waals surface area contributed by atoms with E-state index in [9.17, 15) is 24.9 Å². The Morgan fingerprint density at radius 2 is 1.76 bits per heavy atom. The first kappa shape index (κ1) is 22.6. The van der Waals surface area contributed by atoms with Crippen molar-refractivity contribution in [1.82, 2.24) is 0 Å². The summed E-state index contributed by atoms with van der Waals surface area (Å²) < 4.78 is 15.3. The van der Waals surface area contributed by atoms with E-state index in [4.69, 9.17) is 19.3 Å². The molecule has 5 N–H and O–H groups in total. The molecule has 29 heavy (non-hydrogen) atoms. The van der Waals surface area contributed by atoms with Crippen LogP contribution in [-0.4, -0.2) is 63.2 Å². The number of hydrogen-bond acceptors (Lipinski definition) is 8. The summed E-state index contributed by atoms with van der Waals surface area (Å²) in [6, 6.07) is 6.62. The second kappa shape index (κ2) is 9.70. The highest BCUT2D eigenvalue weighted by atomic mass is 16.7. The molecule has 0 aromatic heterocycles. The molecule has 1 aliphatic rings. The molecule has 0 bridgehead atoms. The smallest absolute Gasteiger partial charge is 0.414 e. The van der Waals surface area contributed by atoms with E-state index < -0.39 is 42.8 Å². The summed E-state index contributed by atoms with van der Waals surface area (Å²) in [5.41, 5.74) is 1.21. The molecule has 1 aromatic carbocycles. The Hall–Kier alpha value is -2.66. The van der Waals surface area contributed by atoms with Crippen LogP contribution in [0, 0.1) is 5.92 Å². The molecule has 1 fully saturated rings. The molecule has 10 heteroatoms. The van der Waals surface area contributed by atoms with Gasteiger partial charge in [0.15, 0.2) is 6.10 Å². The fraction of sp³-hybridized carbons (Fsp3) is 0.474. The van der Waals surface area contributed by atoms with Crippen molar-refractivity contribution in [2.24, 2.45) is 5.92 Å². The van der Waals surface area contributed by atoms with Crippen molar-refractivity contribution in [3.63, 3.8) is 0 Å². The SMILES string of the molecule is C=C(OCc1ccc(NC(=O)OC2OC(C(=O)O)C(O)C(O)C2O)cc1)C(C)C. The topological polar surface area (TPSA) is 155 Å². The van der Waals surface area contributed by atoms with Crippen LogP contribution >= 0.6 is 0 Å². The van der Waals surface area contributed by atoms with Crippen molar-refractivity contribution in [2.45, 2.75) is 51.2 Å². The van der Waals surface area contributed by atoms with E-state index in [1.165, 1.54) is 0 Å². The van der Waals surface area contributed by atoms with Crippen molar-refractivity contribution in [3.8, 4) is 0 Å². The molecule has 1 heterocycles. The summed E-state index contributed by atoms with van der Waals surface area (Å²) in [5.74, 6) is -0.715. The van der Waals surface area contributed by atoms with Crippen LogP contribution in [0.25, 0.3) is 0 Å². The van der Waals surface area contributed by atoms with Crippen molar-refractivity contribution in [1.29, 1.82) is 0 Å². The molecule has 1 aromatic rings. The van der Waals surface area contributed by atoms with Gasteiger partial charge in [-0.2, -0.15) is 0 Å². The Morgan fingerprint density at radius 1 is 1.14 bits per heavy atom. The predicted molar refractivity (Wildman–Crippen MR) is 99.6 cm³/mol. The zero-order valence-electron chi connectivity index (χ0n) is 16.0. The molecular formula is C19H25NO9. The van der Waals surface area contributed by atoms with Gasteiger partial charge >= 0.3 is 12.1 Å². The van der Waals surface area contributed by atoms with Gasteiger partial charge in [-0.05, 0) is 17.7 Å². The minimum atomic E-state index is -1.87. The monoisotopic (exact) mass is 411 g/mol. The average molecular weight is 411 g/mol. The van der Waals surface area contributed by atoms with Crippen LogP contribution in [0.4, 0.5) is 10.5 Å². The Balaban J connectivity index is 1.91. The number of rotatable bonds is 7. The Morgan fingerprint density at radius 3 is 2.31 bits per heavy atom. The van der Waals surface area contributed by atoms with Crippen LogP contribution in [0.15, 0.2) is 36.6 Å². The van der Waals surface area contributed by atoms with Crippen LogP contribution in [0.2, 0.25) is 0 Å². The van der Waals surface area contributed by atoms with Crippen LogP contribution in [-0.2, 0) is 25.6 Å². The van der Waals surface area contributed by atoms with Gasteiger partial charge < -0.3 is 34.6 Å². The molecule has 1 amide bonds. The third kappa shape index (κ3) is 5.91. The lowest BCUT2D eigenvalue weighted by Crippen LogP contribution is -2.60. The van der Waals surface area contributed by atoms with Crippen molar-refractivity contribution < 1.29 is 44.2 Å². The number of ether oxygens (including phenoxy) is 3. The maximum absolute atomic E-state index is 12.0. The van der Waals surface area contributed by atoms with Crippen molar-refractivity contribution in [2.75, 3.05) is 5.32 Å². The summed E-state index contributed by atoms with van der Waals surface area (Å²) in [7, 11) is 0. The number of aliphatic carboxylic acids is 1. The van der Waals surface area contributed by atoms with Gasteiger partial charge in [0, 0.05) is 11.6 Å². The van der Waals surface area contributed by atoms with Crippen LogP contribution in [0.1, 0.15) is 19.4 Å². The lowest BCUT2D eigenvalue weighted by molar-refractivity contribution is -0.277. The molecule has 2 rings (SSSR count). The second-order valence-corrected chi connectivity index (χ2v) is 6.87. The summed E-state index contributed by atoms with van der Waals surface area (Å²) >= 11 is 0. The number of aliphatic hydroxyl groups is 3. The molecule has 160 valence electrons. The third-order valence-corrected chi connectivity index (χ3v) is 4.30. The summed E-state index contributed by atoms with van der Waals surface area (Å²) in [5, 5.41) is 40.6. The fourth-order valence-corrected chi connectivity index (χ4v) is 2.43. The third-order valence-electron chi connectivity index (χ3n) is 4.30. The minimum Gasteiger partial charge on any atom is -0.494 e. The van der Waals surface area contributed by atoms with E-state index >= 15 is 0 Å². The van der Waals surface area contributed by atoms with Gasteiger partial charge in [0.05, 0.1) is 5.76 Å². The first-order valence-corrected chi connectivity index (χ1v) is 8.90. The van der Waals surface area contributed by atoms with Gasteiger partial charge in [-0.25, -0.2) is 9.59 Å². The van der Waals surface area contributed by atoms with E-state index in [2.05, 4.69) is 11.9 Å². The van der Waals surface area contributed by atoms with Crippen LogP contribution in [0.5, 0.6) is 0 Å². The van der Waals surface area contributed by atoms with Gasteiger partial charge in [-0.1, -0.05) is 32.6 Å². The maximum Gasteiger partial charge on any atom is 0.414 e. The number of nitrogens with one attached hydrogen (secondary N) is 1. The number of carbonyl (C=O) groups is 2. The Kier molecular flexibility index (Phi) is 7.57. The minimum absolute atomic E-state index is 0.198. The first-order valence-electron chi connectivity index (χ1n) is 8.90. The highest BCUT2D eigenvalue weighted by Gasteiger charge is 2.48. The summed E-state index contributed by atoms with van der Waals surface area (Å²) in [6.07, 6.45) is -10.2. The number of hydrogen-bond donors (Lipinski definition) is 5. The zero-order chi connectivity index (χ0) is 21.7. The number of carbonyl (C=O) groups excluding carboxylic acids is 1. The molecular weight excluding hydrogens is 386 g/mol. The maximum atomic E-state index is 12.0. The quantitative estimate of drug-likeness (QED) is 0.410. The van der Waals surface area contributed by atoms with Gasteiger partial charge in [0.1, 0.15) is 24.9 Å². The second-order valence-electron chi connectivity index (χ2n) is 6.87. The largest absolute Gasteiger partial charge is 0.494 e. The molecule has 0 spiro atoms. The molecule has 0 aliphatic carbocycles. The molecule has 1 aliphatic heterocycles. The number of carboxylic acid groups (broad SMARTS) is 1. The van der Waals surface area contributed by atoms with E-state index in [0.717, 1.165) is 5.56 Å². The summed E-state index contributed by atoms with van der Waals surface area (Å²) in [4.78, 5) is 23.1. The number of aliphatic hydroxyl groups excluding tert-OH is 3. The van der Waals surface area contributed by atoms with E-state index in [1.54, 1.807) is 24.3 Å². The molecule has 0 radical (unpaired) electrons. The fourth-order valence-electron chi connectivity index (χ4n) is 2.43. The number of allylic oxidation sites excluding steroid dienone is 1. The standard InChI is InChI=1S/C19H25NO9/c1-9(2)10(3)27-8-11-4-6-12(7-5-11)20-19(26)29-18-15(23)13(21)14(22)16(28-18)17(24)25/h4-7,9,13-16,18,21-23H,3,8H2,1-2H3,(H,20,26)(H,24,25). The van der Waals surface area contributed by atoms with Gasteiger partial charge in [-0.3, -0.25) is 5.32 Å². The lowest BCUT2D eigenvalue weighted by atomic mass is 9.99. The van der Waals surface area contributed by atoms with Crippen molar-refractivity contribution >= 4 is 17.7 Å². The lowest BCUT2D eigenvalue weighted by Gasteiger charge is -2.37. The van der Waals surface area contributed by atoms with Gasteiger partial charge in [-0.15, -0.1) is 0 Å². The van der Waals surface area contributed by atoms with Gasteiger partial charge in [0.25, 0.3) is 0 Å². The van der Waals surface area contributed by atoms with E-state index in [1.807, 2.05) is 13.8 Å². The first-order chi connectivity index (χ1) is 13.6. The Bertz CT molecular complexity index is 734. The van der Waals surface area contributed by atoms with Crippen LogP contribution < -0.4 is 5.32 Å². The average Bonchev–Trinajstić information content (AvgIpc) is 2.67. The van der Waals surface area contributed by atoms with E-state index in [-0.39, 0.29) is 5.92 Å². The normalized spacial score (nSPS) is 26.6. The zero-order valence-corrected chi connectivity index (χ0v) is 16.0. The molecule has 10 nitrogen and oxygen atoms in total. The summed E-state index contributed by atoms with van der Waals surface area (Å²) in [6.45, 7) is 8.06. The molecule has 5 atom stereocenters. The van der Waals surface area contributed by atoms with Crippen molar-refractivity contribution in [3.05, 3.63) is 42.2 Å². The number of anilines is 1. The number of carboxylic acids is 1. The molecule has 1 saturated heterocycles. The predicted octanol–water partition coefficient (Wildman–Crippen LogP) is 0.814. The molecule has 5 unspecified atom stereocenters. The highest BCUT2D eigenvalue weighted by Crippen LogP contribution is 2.23. The highest BCUT2D eigenvalue weighted by molar-refractivity contribution is 5.84. The van der Waals surface area contributed by atoms with Crippen LogP contribution in [0.3, 0.4) is 0 Å².